The largest absolute Gasteiger partial charge is 0.342 e. The van der Waals surface area contributed by atoms with Gasteiger partial charge in [-0.1, -0.05) is 56.5 Å². The first kappa shape index (κ1) is 18.0. The van der Waals surface area contributed by atoms with Gasteiger partial charge in [0.05, 0.1) is 5.92 Å². The monoisotopic (exact) mass is 310 g/mol. The third kappa shape index (κ3) is 5.01. The van der Waals surface area contributed by atoms with E-state index in [1.807, 2.05) is 42.2 Å². The predicted octanol–water partition coefficient (Wildman–Crippen LogP) is 3.54. The van der Waals surface area contributed by atoms with E-state index < -0.39 is 0 Å². The molecule has 21 heavy (non-hydrogen) atoms. The average molecular weight is 311 g/mol. The van der Waals surface area contributed by atoms with Crippen molar-refractivity contribution in [3.05, 3.63) is 35.9 Å². The minimum absolute atomic E-state index is 0. The molecule has 0 bridgehead atoms. The van der Waals surface area contributed by atoms with Gasteiger partial charge in [0.1, 0.15) is 0 Å². The quantitative estimate of drug-likeness (QED) is 0.928. The Kier molecular flexibility index (Phi) is 7.76. The van der Waals surface area contributed by atoms with Crippen LogP contribution in [-0.2, 0) is 4.79 Å². The number of rotatable bonds is 3. The van der Waals surface area contributed by atoms with Gasteiger partial charge in [0.15, 0.2) is 0 Å². The van der Waals surface area contributed by atoms with Crippen LogP contribution in [0.3, 0.4) is 0 Å². The van der Waals surface area contributed by atoms with Gasteiger partial charge in [-0.3, -0.25) is 4.79 Å². The fourth-order valence-electron chi connectivity index (χ4n) is 2.87. The molecule has 4 heteroatoms. The average Bonchev–Trinajstić information content (AvgIpc) is 2.46. The van der Waals surface area contributed by atoms with Gasteiger partial charge in [0.25, 0.3) is 0 Å². The van der Waals surface area contributed by atoms with Crippen LogP contribution in [0.25, 0.3) is 0 Å². The smallest absolute Gasteiger partial charge is 0.227 e. The van der Waals surface area contributed by atoms with Crippen LogP contribution in [0.5, 0.6) is 0 Å². The standard InChI is InChI=1S/C17H26N2O.ClH/c1-14(16(18)15-10-6-5-7-11-15)17(20)19-12-8-3-2-4-9-13-19;/h5-7,10-11,14,16H,2-4,8-9,12-13,18H2,1H3;1H. The van der Waals surface area contributed by atoms with Gasteiger partial charge >= 0.3 is 0 Å². The number of likely N-dealkylation sites (tertiary alicyclic amines) is 1. The first-order chi connectivity index (χ1) is 9.70. The Morgan fingerprint density at radius 2 is 1.57 bits per heavy atom. The van der Waals surface area contributed by atoms with E-state index in [2.05, 4.69) is 0 Å². The highest BCUT2D eigenvalue weighted by Gasteiger charge is 2.26. The number of carbonyl (C=O) groups excluding carboxylic acids is 1. The fourth-order valence-corrected chi connectivity index (χ4v) is 2.87. The second-order valence-corrected chi connectivity index (χ2v) is 5.82. The van der Waals surface area contributed by atoms with Crippen LogP contribution in [0.2, 0.25) is 0 Å². The second kappa shape index (κ2) is 9.06. The molecule has 2 atom stereocenters. The minimum Gasteiger partial charge on any atom is -0.342 e. The zero-order chi connectivity index (χ0) is 14.4. The van der Waals surface area contributed by atoms with E-state index in [4.69, 9.17) is 5.73 Å². The molecule has 0 aromatic heterocycles. The molecule has 1 aromatic rings. The summed E-state index contributed by atoms with van der Waals surface area (Å²) in [5.41, 5.74) is 7.31. The second-order valence-electron chi connectivity index (χ2n) is 5.82. The normalized spacial score (nSPS) is 18.9. The van der Waals surface area contributed by atoms with E-state index >= 15 is 0 Å². The molecule has 1 heterocycles. The zero-order valence-corrected chi connectivity index (χ0v) is 13.6. The maximum Gasteiger partial charge on any atom is 0.227 e. The lowest BCUT2D eigenvalue weighted by molar-refractivity contribution is -0.136. The summed E-state index contributed by atoms with van der Waals surface area (Å²) >= 11 is 0. The summed E-state index contributed by atoms with van der Waals surface area (Å²) in [5.74, 6) is 0.0556. The molecule has 0 radical (unpaired) electrons. The molecule has 1 aliphatic heterocycles. The van der Waals surface area contributed by atoms with Gasteiger partial charge < -0.3 is 10.6 Å². The van der Waals surface area contributed by atoms with Crippen molar-refractivity contribution in [2.45, 2.75) is 45.1 Å². The molecule has 1 saturated heterocycles. The summed E-state index contributed by atoms with van der Waals surface area (Å²) in [7, 11) is 0. The zero-order valence-electron chi connectivity index (χ0n) is 12.8. The van der Waals surface area contributed by atoms with Crippen molar-refractivity contribution in [1.82, 2.24) is 4.90 Å². The lowest BCUT2D eigenvalue weighted by atomic mass is 9.93. The van der Waals surface area contributed by atoms with Crippen LogP contribution in [0.4, 0.5) is 0 Å². The van der Waals surface area contributed by atoms with Crippen LogP contribution in [0.15, 0.2) is 30.3 Å². The highest BCUT2D eigenvalue weighted by atomic mass is 35.5. The highest BCUT2D eigenvalue weighted by Crippen LogP contribution is 2.22. The minimum atomic E-state index is -0.214. The molecule has 2 rings (SSSR count). The predicted molar refractivity (Wildman–Crippen MR) is 89.4 cm³/mol. The van der Waals surface area contributed by atoms with Crippen LogP contribution in [-0.4, -0.2) is 23.9 Å². The molecular formula is C17H27ClN2O. The maximum absolute atomic E-state index is 12.6. The van der Waals surface area contributed by atoms with Crippen LogP contribution in [0, 0.1) is 5.92 Å². The van der Waals surface area contributed by atoms with Crippen LogP contribution < -0.4 is 5.73 Å². The SMILES string of the molecule is CC(C(=O)N1CCCCCCC1)C(N)c1ccccc1.Cl. The highest BCUT2D eigenvalue weighted by molar-refractivity contribution is 5.85. The molecule has 0 saturated carbocycles. The van der Waals surface area contributed by atoms with Gasteiger partial charge in [-0.05, 0) is 18.4 Å². The van der Waals surface area contributed by atoms with Crippen molar-refractivity contribution in [3.8, 4) is 0 Å². The van der Waals surface area contributed by atoms with Crippen LogP contribution >= 0.6 is 12.4 Å². The van der Waals surface area contributed by atoms with E-state index in [1.54, 1.807) is 0 Å². The number of carbonyl (C=O) groups is 1. The van der Waals surface area contributed by atoms with Crippen molar-refractivity contribution in [1.29, 1.82) is 0 Å². The third-order valence-electron chi connectivity index (χ3n) is 4.28. The number of nitrogens with zero attached hydrogens (tertiary/aromatic N) is 1. The molecule has 1 aromatic carbocycles. The molecule has 0 aliphatic carbocycles. The third-order valence-corrected chi connectivity index (χ3v) is 4.28. The Hall–Kier alpha value is -1.06. The molecule has 3 nitrogen and oxygen atoms in total. The van der Waals surface area contributed by atoms with Crippen LogP contribution in [0.1, 0.15) is 50.6 Å². The topological polar surface area (TPSA) is 46.3 Å². The van der Waals surface area contributed by atoms with E-state index in [0.29, 0.717) is 0 Å². The van der Waals surface area contributed by atoms with Gasteiger partial charge in [0.2, 0.25) is 5.91 Å². The van der Waals surface area contributed by atoms with Crippen molar-refractivity contribution >= 4 is 18.3 Å². The van der Waals surface area contributed by atoms with Gasteiger partial charge in [0, 0.05) is 19.1 Å². The van der Waals surface area contributed by atoms with Crippen molar-refractivity contribution in [2.75, 3.05) is 13.1 Å². The number of hydrogen-bond acceptors (Lipinski definition) is 2. The summed E-state index contributed by atoms with van der Waals surface area (Å²) in [4.78, 5) is 14.6. The maximum atomic E-state index is 12.6. The number of nitrogens with two attached hydrogens (primary N) is 1. The van der Waals surface area contributed by atoms with E-state index in [1.165, 1.54) is 19.3 Å². The first-order valence-electron chi connectivity index (χ1n) is 7.79. The number of amides is 1. The Morgan fingerprint density at radius 1 is 1.05 bits per heavy atom. The number of benzene rings is 1. The van der Waals surface area contributed by atoms with E-state index in [0.717, 1.165) is 31.5 Å². The number of halogens is 1. The van der Waals surface area contributed by atoms with E-state index in [9.17, 15) is 4.79 Å². The lowest BCUT2D eigenvalue weighted by Gasteiger charge is -2.30. The van der Waals surface area contributed by atoms with Crippen molar-refractivity contribution < 1.29 is 4.79 Å². The summed E-state index contributed by atoms with van der Waals surface area (Å²) < 4.78 is 0. The first-order valence-corrected chi connectivity index (χ1v) is 7.79. The molecule has 118 valence electrons. The molecule has 1 fully saturated rings. The summed E-state index contributed by atoms with van der Waals surface area (Å²) in [6.07, 6.45) is 6.03. The molecule has 1 amide bonds. The Bertz CT molecular complexity index is 416. The molecule has 2 unspecified atom stereocenters. The van der Waals surface area contributed by atoms with E-state index in [-0.39, 0.29) is 30.3 Å². The summed E-state index contributed by atoms with van der Waals surface area (Å²) in [5, 5.41) is 0. The van der Waals surface area contributed by atoms with Gasteiger partial charge in [-0.25, -0.2) is 0 Å². The Labute approximate surface area is 134 Å². The molecular weight excluding hydrogens is 284 g/mol. The van der Waals surface area contributed by atoms with Crippen molar-refractivity contribution in [2.24, 2.45) is 11.7 Å². The Morgan fingerprint density at radius 3 is 2.14 bits per heavy atom. The lowest BCUT2D eigenvalue weighted by Crippen LogP contribution is -2.40. The Balaban J connectivity index is 0.00000220. The summed E-state index contributed by atoms with van der Waals surface area (Å²) in [6.45, 7) is 3.74. The van der Waals surface area contributed by atoms with Gasteiger partial charge in [-0.2, -0.15) is 0 Å². The summed E-state index contributed by atoms with van der Waals surface area (Å²) in [6, 6.07) is 9.71. The fraction of sp³-hybridized carbons (Fsp3) is 0.588. The molecule has 0 spiro atoms. The van der Waals surface area contributed by atoms with Gasteiger partial charge in [-0.15, -0.1) is 12.4 Å². The van der Waals surface area contributed by atoms with Crippen molar-refractivity contribution in [3.63, 3.8) is 0 Å². The number of hydrogen-bond donors (Lipinski definition) is 1. The molecule has 2 N–H and O–H groups in total. The molecule has 1 aliphatic rings.